The molecular formula is C18H14N2O2S2. The van der Waals surface area contributed by atoms with Crippen molar-refractivity contribution in [1.82, 2.24) is 10.4 Å². The Morgan fingerprint density at radius 1 is 1.12 bits per heavy atom. The summed E-state index contributed by atoms with van der Waals surface area (Å²) >= 11 is 6.38. The van der Waals surface area contributed by atoms with Crippen molar-refractivity contribution in [2.45, 2.75) is 6.92 Å². The molecule has 2 aromatic carbocycles. The van der Waals surface area contributed by atoms with Gasteiger partial charge in [-0.05, 0) is 42.9 Å². The highest BCUT2D eigenvalue weighted by molar-refractivity contribution is 8.26. The molecule has 1 heterocycles. The maximum Gasteiger partial charge on any atom is 0.285 e. The molecule has 0 unspecified atom stereocenters. The third-order valence-corrected chi connectivity index (χ3v) is 4.72. The number of nitrogens with zero attached hydrogens (tertiary/aromatic N) is 1. The van der Waals surface area contributed by atoms with Crippen molar-refractivity contribution in [3.8, 4) is 0 Å². The number of thioether (sulfide) groups is 1. The second kappa shape index (κ2) is 6.98. The average molecular weight is 354 g/mol. The van der Waals surface area contributed by atoms with Crippen molar-refractivity contribution in [1.29, 1.82) is 0 Å². The van der Waals surface area contributed by atoms with Gasteiger partial charge in [-0.3, -0.25) is 15.0 Å². The van der Waals surface area contributed by atoms with Crippen molar-refractivity contribution in [2.75, 3.05) is 0 Å². The normalized spacial score (nSPS) is 15.9. The predicted octanol–water partition coefficient (Wildman–Crippen LogP) is 3.54. The molecule has 1 aliphatic heterocycles. The third kappa shape index (κ3) is 3.55. The minimum absolute atomic E-state index is 0.308. The van der Waals surface area contributed by atoms with Crippen LogP contribution in [0.3, 0.4) is 0 Å². The van der Waals surface area contributed by atoms with E-state index in [1.54, 1.807) is 18.2 Å². The van der Waals surface area contributed by atoms with Gasteiger partial charge in [0.05, 0.1) is 4.91 Å². The van der Waals surface area contributed by atoms with Crippen molar-refractivity contribution >= 4 is 46.2 Å². The van der Waals surface area contributed by atoms with Gasteiger partial charge >= 0.3 is 0 Å². The van der Waals surface area contributed by atoms with Gasteiger partial charge in [0, 0.05) is 5.56 Å². The van der Waals surface area contributed by atoms with Gasteiger partial charge in [0.1, 0.15) is 0 Å². The molecule has 1 N–H and O–H groups in total. The van der Waals surface area contributed by atoms with Crippen LogP contribution in [0.5, 0.6) is 0 Å². The Morgan fingerprint density at radius 3 is 2.46 bits per heavy atom. The molecule has 0 aliphatic carbocycles. The number of aryl methyl sites for hydroxylation is 1. The minimum atomic E-state index is -0.368. The number of carbonyl (C=O) groups is 2. The second-order valence-electron chi connectivity index (χ2n) is 5.23. The van der Waals surface area contributed by atoms with E-state index >= 15 is 0 Å². The molecule has 2 aromatic rings. The SMILES string of the molecule is Cc1ccc(C(=O)NN2C(=O)/C(=C/c3ccccc3)SC2=S)cc1. The molecular weight excluding hydrogens is 340 g/mol. The first kappa shape index (κ1) is 16.4. The number of thiocarbonyl (C=S) groups is 1. The van der Waals surface area contributed by atoms with Crippen molar-refractivity contribution in [2.24, 2.45) is 0 Å². The Kier molecular flexibility index (Phi) is 4.78. The van der Waals surface area contributed by atoms with Crippen molar-refractivity contribution in [3.05, 3.63) is 76.2 Å². The molecule has 0 saturated carbocycles. The first-order chi connectivity index (χ1) is 11.5. The smallest absolute Gasteiger partial charge is 0.267 e. The molecule has 1 fully saturated rings. The number of hydrogen-bond donors (Lipinski definition) is 1. The number of nitrogens with one attached hydrogen (secondary N) is 1. The van der Waals surface area contributed by atoms with Crippen LogP contribution in [0.1, 0.15) is 21.5 Å². The molecule has 2 amide bonds. The van der Waals surface area contributed by atoms with Crippen LogP contribution >= 0.6 is 24.0 Å². The largest absolute Gasteiger partial charge is 0.285 e. The van der Waals surface area contributed by atoms with E-state index in [-0.39, 0.29) is 11.8 Å². The van der Waals surface area contributed by atoms with Gasteiger partial charge in [-0.25, -0.2) is 0 Å². The van der Waals surface area contributed by atoms with Gasteiger partial charge in [-0.15, -0.1) is 0 Å². The first-order valence-electron chi connectivity index (χ1n) is 7.25. The van der Waals surface area contributed by atoms with Crippen LogP contribution in [0.25, 0.3) is 6.08 Å². The summed E-state index contributed by atoms with van der Waals surface area (Å²) in [5.41, 5.74) is 5.01. The van der Waals surface area contributed by atoms with E-state index in [1.165, 1.54) is 11.8 Å². The summed E-state index contributed by atoms with van der Waals surface area (Å²) in [6.45, 7) is 1.94. The number of hydrazine groups is 1. The molecule has 3 rings (SSSR count). The molecule has 6 heteroatoms. The summed E-state index contributed by atoms with van der Waals surface area (Å²) in [4.78, 5) is 25.2. The summed E-state index contributed by atoms with van der Waals surface area (Å²) in [6, 6.07) is 16.6. The molecule has 0 atom stereocenters. The van der Waals surface area contributed by atoms with Crippen LogP contribution < -0.4 is 5.43 Å². The third-order valence-electron chi connectivity index (χ3n) is 3.42. The average Bonchev–Trinajstić information content (AvgIpc) is 2.84. The summed E-state index contributed by atoms with van der Waals surface area (Å²) < 4.78 is 0.308. The summed E-state index contributed by atoms with van der Waals surface area (Å²) in [5.74, 6) is -0.693. The molecule has 0 radical (unpaired) electrons. The van der Waals surface area contributed by atoms with E-state index in [9.17, 15) is 9.59 Å². The van der Waals surface area contributed by atoms with Crippen LogP contribution in [-0.2, 0) is 4.79 Å². The lowest BCUT2D eigenvalue weighted by Gasteiger charge is -2.15. The molecule has 0 aromatic heterocycles. The van der Waals surface area contributed by atoms with E-state index in [4.69, 9.17) is 12.2 Å². The highest BCUT2D eigenvalue weighted by atomic mass is 32.2. The lowest BCUT2D eigenvalue weighted by Crippen LogP contribution is -2.44. The van der Waals surface area contributed by atoms with E-state index in [0.717, 1.165) is 16.1 Å². The Labute approximate surface area is 149 Å². The maximum atomic E-state index is 12.5. The zero-order valence-corrected chi connectivity index (χ0v) is 14.5. The lowest BCUT2D eigenvalue weighted by atomic mass is 10.1. The summed E-state index contributed by atoms with van der Waals surface area (Å²) in [5, 5.41) is 1.12. The molecule has 1 aliphatic rings. The topological polar surface area (TPSA) is 49.4 Å². The zero-order valence-electron chi connectivity index (χ0n) is 12.9. The number of rotatable bonds is 3. The molecule has 1 saturated heterocycles. The van der Waals surface area contributed by atoms with E-state index in [2.05, 4.69) is 5.43 Å². The van der Waals surface area contributed by atoms with E-state index < -0.39 is 0 Å². The van der Waals surface area contributed by atoms with Crippen LogP contribution in [0.2, 0.25) is 0 Å². The zero-order chi connectivity index (χ0) is 17.1. The Hall–Kier alpha value is -2.44. The number of amides is 2. The highest BCUT2D eigenvalue weighted by Crippen LogP contribution is 2.31. The first-order valence-corrected chi connectivity index (χ1v) is 8.48. The minimum Gasteiger partial charge on any atom is -0.267 e. The fraction of sp³-hybridized carbons (Fsp3) is 0.0556. The van der Waals surface area contributed by atoms with Gasteiger partial charge < -0.3 is 0 Å². The lowest BCUT2D eigenvalue weighted by molar-refractivity contribution is -0.123. The van der Waals surface area contributed by atoms with Gasteiger partial charge in [0.15, 0.2) is 4.32 Å². The number of carbonyl (C=O) groups excluding carboxylic acids is 2. The fourth-order valence-corrected chi connectivity index (χ4v) is 3.32. The molecule has 24 heavy (non-hydrogen) atoms. The Balaban J connectivity index is 1.76. The van der Waals surface area contributed by atoms with Crippen LogP contribution in [-0.4, -0.2) is 21.1 Å². The quantitative estimate of drug-likeness (QED) is 0.677. The van der Waals surface area contributed by atoms with Gasteiger partial charge in [0.25, 0.3) is 11.8 Å². The van der Waals surface area contributed by atoms with Crippen LogP contribution in [0.4, 0.5) is 0 Å². The number of hydrogen-bond acceptors (Lipinski definition) is 4. The highest BCUT2D eigenvalue weighted by Gasteiger charge is 2.33. The summed E-state index contributed by atoms with van der Waals surface area (Å²) in [7, 11) is 0. The summed E-state index contributed by atoms with van der Waals surface area (Å²) in [6.07, 6.45) is 1.76. The maximum absolute atomic E-state index is 12.5. The van der Waals surface area contributed by atoms with Crippen molar-refractivity contribution < 1.29 is 9.59 Å². The molecule has 120 valence electrons. The number of benzene rings is 2. The van der Waals surface area contributed by atoms with E-state index in [1.807, 2.05) is 49.4 Å². The Morgan fingerprint density at radius 2 is 1.79 bits per heavy atom. The fourth-order valence-electron chi connectivity index (χ4n) is 2.14. The standard InChI is InChI=1S/C18H14N2O2S2/c1-12-7-9-14(10-8-12)16(21)19-20-17(22)15(24-18(20)23)11-13-5-3-2-4-6-13/h2-11H,1H3,(H,19,21)/b15-11-. The second-order valence-corrected chi connectivity index (χ2v) is 6.91. The molecule has 4 nitrogen and oxygen atoms in total. The van der Waals surface area contributed by atoms with E-state index in [0.29, 0.717) is 14.8 Å². The van der Waals surface area contributed by atoms with Crippen molar-refractivity contribution in [3.63, 3.8) is 0 Å². The van der Waals surface area contributed by atoms with Crippen LogP contribution in [0, 0.1) is 6.92 Å². The van der Waals surface area contributed by atoms with Gasteiger partial charge in [-0.1, -0.05) is 59.8 Å². The molecule has 0 spiro atoms. The predicted molar refractivity (Wildman–Crippen MR) is 100 cm³/mol. The molecule has 0 bridgehead atoms. The monoisotopic (exact) mass is 354 g/mol. The van der Waals surface area contributed by atoms with Crippen LogP contribution in [0.15, 0.2) is 59.5 Å². The Bertz CT molecular complexity index is 830. The van der Waals surface area contributed by atoms with Gasteiger partial charge in [0.2, 0.25) is 0 Å². The van der Waals surface area contributed by atoms with Gasteiger partial charge in [-0.2, -0.15) is 5.01 Å².